The van der Waals surface area contributed by atoms with Gasteiger partial charge in [0.25, 0.3) is 0 Å². The van der Waals surface area contributed by atoms with Crippen molar-refractivity contribution in [2.24, 2.45) is 5.92 Å². The normalized spacial score (nSPS) is 30.3. The first-order valence-electron chi connectivity index (χ1n) is 6.14. The Hall–Kier alpha value is -0.340. The maximum absolute atomic E-state index is 3.60. The third-order valence-corrected chi connectivity index (χ3v) is 3.91. The van der Waals surface area contributed by atoms with Crippen LogP contribution in [0.25, 0.3) is 0 Å². The lowest BCUT2D eigenvalue weighted by Gasteiger charge is -2.33. The number of benzene rings is 1. The van der Waals surface area contributed by atoms with Crippen molar-refractivity contribution in [1.82, 2.24) is 5.32 Å². The first-order valence-corrected chi connectivity index (χ1v) is 6.93. The molecule has 0 bridgehead atoms. The van der Waals surface area contributed by atoms with Gasteiger partial charge in [-0.25, -0.2) is 0 Å². The van der Waals surface area contributed by atoms with Gasteiger partial charge in [0.15, 0.2) is 0 Å². The quantitative estimate of drug-likeness (QED) is 0.870. The zero-order valence-electron chi connectivity index (χ0n) is 10.0. The van der Waals surface area contributed by atoms with E-state index in [1.807, 2.05) is 0 Å². The van der Waals surface area contributed by atoms with E-state index in [1.165, 1.54) is 29.3 Å². The Morgan fingerprint density at radius 2 is 1.69 bits per heavy atom. The van der Waals surface area contributed by atoms with Crippen LogP contribution in [-0.4, -0.2) is 12.1 Å². The van der Waals surface area contributed by atoms with Crippen LogP contribution in [0.4, 0.5) is 0 Å². The third kappa shape index (κ3) is 3.33. The van der Waals surface area contributed by atoms with E-state index in [9.17, 15) is 0 Å². The van der Waals surface area contributed by atoms with Crippen molar-refractivity contribution in [3.8, 4) is 0 Å². The number of rotatable bonds is 2. The number of hydrogen-bond acceptors (Lipinski definition) is 1. The second-order valence-corrected chi connectivity index (χ2v) is 6.05. The molecule has 2 rings (SSSR count). The fourth-order valence-corrected chi connectivity index (χ4v) is 3.10. The van der Waals surface area contributed by atoms with Crippen LogP contribution in [0, 0.1) is 5.92 Å². The summed E-state index contributed by atoms with van der Waals surface area (Å²) in [7, 11) is 0. The minimum absolute atomic E-state index is 0.671. The topological polar surface area (TPSA) is 12.0 Å². The Kier molecular flexibility index (Phi) is 4.04. The molecule has 1 aromatic rings. The van der Waals surface area contributed by atoms with E-state index in [-0.39, 0.29) is 0 Å². The summed E-state index contributed by atoms with van der Waals surface area (Å²) in [6.07, 6.45) is 3.84. The van der Waals surface area contributed by atoms with Gasteiger partial charge in [-0.15, -0.1) is 0 Å². The SMILES string of the molecule is CC1CC(Cc2ccc(Br)cc2)CC(C)N1. The number of piperidine rings is 1. The maximum Gasteiger partial charge on any atom is 0.0175 e. The molecule has 2 atom stereocenters. The second kappa shape index (κ2) is 5.33. The standard InChI is InChI=1S/C14H20BrN/c1-10-7-13(8-11(2)16-10)9-12-3-5-14(15)6-4-12/h3-6,10-11,13,16H,7-9H2,1-2H3. The number of nitrogens with one attached hydrogen (secondary N) is 1. The predicted octanol–water partition coefficient (Wildman–Crippen LogP) is 3.77. The molecule has 1 aromatic carbocycles. The summed E-state index contributed by atoms with van der Waals surface area (Å²) in [4.78, 5) is 0. The largest absolute Gasteiger partial charge is 0.312 e. The monoisotopic (exact) mass is 281 g/mol. The fourth-order valence-electron chi connectivity index (χ4n) is 2.84. The Balaban J connectivity index is 1.96. The smallest absolute Gasteiger partial charge is 0.0175 e. The summed E-state index contributed by atoms with van der Waals surface area (Å²) in [5, 5.41) is 3.60. The van der Waals surface area contributed by atoms with E-state index in [0.717, 1.165) is 5.92 Å². The summed E-state index contributed by atoms with van der Waals surface area (Å²) >= 11 is 3.48. The molecule has 0 radical (unpaired) electrons. The molecule has 2 heteroatoms. The first-order chi connectivity index (χ1) is 7.63. The zero-order chi connectivity index (χ0) is 11.5. The fraction of sp³-hybridized carbons (Fsp3) is 0.571. The van der Waals surface area contributed by atoms with Gasteiger partial charge in [-0.05, 0) is 56.7 Å². The van der Waals surface area contributed by atoms with Crippen LogP contribution in [-0.2, 0) is 6.42 Å². The van der Waals surface area contributed by atoms with E-state index >= 15 is 0 Å². The molecule has 2 unspecified atom stereocenters. The van der Waals surface area contributed by atoms with Gasteiger partial charge < -0.3 is 5.32 Å². The van der Waals surface area contributed by atoms with Gasteiger partial charge in [0.2, 0.25) is 0 Å². The molecule has 1 heterocycles. The van der Waals surface area contributed by atoms with E-state index in [0.29, 0.717) is 12.1 Å². The molecule has 1 fully saturated rings. The van der Waals surface area contributed by atoms with Gasteiger partial charge in [-0.1, -0.05) is 28.1 Å². The molecule has 1 aliphatic rings. The molecule has 1 nitrogen and oxygen atoms in total. The van der Waals surface area contributed by atoms with Gasteiger partial charge in [0, 0.05) is 16.6 Å². The van der Waals surface area contributed by atoms with Gasteiger partial charge in [-0.2, -0.15) is 0 Å². The van der Waals surface area contributed by atoms with Crippen LogP contribution in [0.1, 0.15) is 32.3 Å². The van der Waals surface area contributed by atoms with Crippen LogP contribution < -0.4 is 5.32 Å². The lowest BCUT2D eigenvalue weighted by molar-refractivity contribution is 0.262. The average molecular weight is 282 g/mol. The van der Waals surface area contributed by atoms with Crippen molar-refractivity contribution in [3.63, 3.8) is 0 Å². The van der Waals surface area contributed by atoms with Gasteiger partial charge in [-0.3, -0.25) is 0 Å². The molecule has 0 aliphatic carbocycles. The minimum Gasteiger partial charge on any atom is -0.312 e. The lowest BCUT2D eigenvalue weighted by Crippen LogP contribution is -2.42. The van der Waals surface area contributed by atoms with Crippen molar-refractivity contribution >= 4 is 15.9 Å². The lowest BCUT2D eigenvalue weighted by atomic mass is 9.84. The molecule has 0 aromatic heterocycles. The van der Waals surface area contributed by atoms with Crippen molar-refractivity contribution in [2.45, 2.75) is 45.2 Å². The summed E-state index contributed by atoms with van der Waals surface area (Å²) in [5.74, 6) is 0.840. The highest BCUT2D eigenvalue weighted by Gasteiger charge is 2.22. The van der Waals surface area contributed by atoms with Crippen LogP contribution in [0.2, 0.25) is 0 Å². The highest BCUT2D eigenvalue weighted by atomic mass is 79.9. The molecule has 0 amide bonds. The number of halogens is 1. The summed E-state index contributed by atoms with van der Waals surface area (Å²) in [6, 6.07) is 10.1. The highest BCUT2D eigenvalue weighted by molar-refractivity contribution is 9.10. The Morgan fingerprint density at radius 3 is 2.25 bits per heavy atom. The average Bonchev–Trinajstić information content (AvgIpc) is 2.20. The molecule has 1 aliphatic heterocycles. The Bertz CT molecular complexity index is 323. The Labute approximate surface area is 107 Å². The third-order valence-electron chi connectivity index (χ3n) is 3.38. The molecule has 1 N–H and O–H groups in total. The van der Waals surface area contributed by atoms with Crippen LogP contribution in [0.3, 0.4) is 0 Å². The summed E-state index contributed by atoms with van der Waals surface area (Å²) < 4.78 is 1.17. The van der Waals surface area contributed by atoms with Gasteiger partial charge >= 0.3 is 0 Å². The van der Waals surface area contributed by atoms with Crippen LogP contribution in [0.15, 0.2) is 28.7 Å². The van der Waals surface area contributed by atoms with Crippen molar-refractivity contribution in [3.05, 3.63) is 34.3 Å². The van der Waals surface area contributed by atoms with Crippen LogP contribution >= 0.6 is 15.9 Å². The second-order valence-electron chi connectivity index (χ2n) is 5.14. The van der Waals surface area contributed by atoms with Crippen molar-refractivity contribution in [2.75, 3.05) is 0 Å². The van der Waals surface area contributed by atoms with E-state index in [1.54, 1.807) is 0 Å². The molecule has 1 saturated heterocycles. The Morgan fingerprint density at radius 1 is 1.12 bits per heavy atom. The van der Waals surface area contributed by atoms with Crippen molar-refractivity contribution in [1.29, 1.82) is 0 Å². The van der Waals surface area contributed by atoms with Gasteiger partial charge in [0.05, 0.1) is 0 Å². The minimum atomic E-state index is 0.671. The molecule has 0 spiro atoms. The van der Waals surface area contributed by atoms with E-state index in [4.69, 9.17) is 0 Å². The number of hydrogen-bond donors (Lipinski definition) is 1. The van der Waals surface area contributed by atoms with E-state index in [2.05, 4.69) is 59.4 Å². The molecule has 88 valence electrons. The van der Waals surface area contributed by atoms with Crippen LogP contribution in [0.5, 0.6) is 0 Å². The highest BCUT2D eigenvalue weighted by Crippen LogP contribution is 2.24. The zero-order valence-corrected chi connectivity index (χ0v) is 11.6. The predicted molar refractivity (Wildman–Crippen MR) is 72.6 cm³/mol. The molecule has 16 heavy (non-hydrogen) atoms. The molecular weight excluding hydrogens is 262 g/mol. The molecule has 0 saturated carbocycles. The first kappa shape index (κ1) is 12.1. The van der Waals surface area contributed by atoms with Crippen molar-refractivity contribution < 1.29 is 0 Å². The molecular formula is C14H20BrN. The summed E-state index contributed by atoms with van der Waals surface area (Å²) in [5.41, 5.74) is 1.47. The van der Waals surface area contributed by atoms with Gasteiger partial charge in [0.1, 0.15) is 0 Å². The van der Waals surface area contributed by atoms with E-state index < -0.39 is 0 Å². The summed E-state index contributed by atoms with van der Waals surface area (Å²) in [6.45, 7) is 4.59. The maximum atomic E-state index is 3.60.